The number of hydrogen-bond acceptors (Lipinski definition) is 8. The number of nitrogens with zero attached hydrogens (tertiary/aromatic N) is 5. The number of carbonyl (C=O) groups excluding carboxylic acids is 3. The van der Waals surface area contributed by atoms with E-state index in [-0.39, 0.29) is 47.2 Å². The van der Waals surface area contributed by atoms with Gasteiger partial charge in [0, 0.05) is 37.2 Å². The first-order chi connectivity index (χ1) is 22.5. The van der Waals surface area contributed by atoms with Crippen molar-refractivity contribution in [3.8, 4) is 17.9 Å². The van der Waals surface area contributed by atoms with Gasteiger partial charge in [-0.15, -0.1) is 11.8 Å². The number of carbonyl (C=O) groups is 3. The molecule has 2 bridgehead atoms. The highest BCUT2D eigenvalue weighted by Crippen LogP contribution is 2.49. The highest BCUT2D eigenvalue weighted by Gasteiger charge is 2.59. The van der Waals surface area contributed by atoms with E-state index < -0.39 is 35.2 Å². The quantitative estimate of drug-likeness (QED) is 0.229. The third-order valence-corrected chi connectivity index (χ3v) is 10.1. The Kier molecular flexibility index (Phi) is 10.2. The summed E-state index contributed by atoms with van der Waals surface area (Å²) < 4.78 is 28.2. The van der Waals surface area contributed by atoms with Crippen molar-refractivity contribution in [2.24, 2.45) is 5.92 Å². The molecule has 1 aromatic heterocycles. The Morgan fingerprint density at radius 1 is 1.21 bits per heavy atom. The summed E-state index contributed by atoms with van der Waals surface area (Å²) in [5.74, 6) is 5.66. The Labute approximate surface area is 293 Å². The number of anilines is 1. The monoisotopic (exact) mass is 741 g/mol. The number of nitriles is 1. The molecule has 3 aliphatic heterocycles. The first kappa shape index (κ1) is 35.7. The van der Waals surface area contributed by atoms with Crippen molar-refractivity contribution in [2.45, 2.75) is 102 Å². The lowest BCUT2D eigenvalue weighted by molar-refractivity contribution is -0.127. The molecule has 48 heavy (non-hydrogen) atoms. The van der Waals surface area contributed by atoms with E-state index in [9.17, 15) is 19.6 Å². The number of ether oxygens (including phenoxy) is 2. The average Bonchev–Trinajstić information content (AvgIpc) is 3.71. The molecule has 4 aliphatic rings. The summed E-state index contributed by atoms with van der Waals surface area (Å²) in [7, 11) is 0. The van der Waals surface area contributed by atoms with E-state index in [1.165, 1.54) is 11.8 Å². The molecule has 13 heteroatoms. The number of rotatable bonds is 6. The molecule has 3 saturated heterocycles. The molecule has 1 saturated carbocycles. The Hall–Kier alpha value is -3.55. The zero-order chi connectivity index (χ0) is 35.1. The number of amides is 3. The topological polar surface area (TPSA) is 116 Å². The lowest BCUT2D eigenvalue weighted by Crippen LogP contribution is -2.59. The molecule has 256 valence electrons. The first-order valence-corrected chi connectivity index (χ1v) is 18.1. The fourth-order valence-electron chi connectivity index (χ4n) is 6.51. The van der Waals surface area contributed by atoms with Crippen molar-refractivity contribution in [3.05, 3.63) is 27.5 Å². The number of aromatic nitrogens is 1. The minimum absolute atomic E-state index is 0.0314. The molecule has 4 fully saturated rings. The molecule has 1 aromatic carbocycles. The van der Waals surface area contributed by atoms with Gasteiger partial charge in [-0.2, -0.15) is 5.26 Å². The van der Waals surface area contributed by atoms with Crippen molar-refractivity contribution in [3.63, 3.8) is 0 Å². The maximum Gasteiger partial charge on any atom is 0.415 e. The fraction of sp³-hybridized carbons (Fsp3) is 0.571. The van der Waals surface area contributed by atoms with Crippen molar-refractivity contribution in [1.29, 1.82) is 5.26 Å². The summed E-state index contributed by atoms with van der Waals surface area (Å²) in [6.07, 6.45) is 3.00. The summed E-state index contributed by atoms with van der Waals surface area (Å²) in [6.45, 7) is 11.9. The van der Waals surface area contributed by atoms with Crippen LogP contribution in [0.15, 0.2) is 15.6 Å². The minimum atomic E-state index is -0.873. The molecule has 4 heterocycles. The summed E-state index contributed by atoms with van der Waals surface area (Å²) in [5, 5.41) is 10.1. The Morgan fingerprint density at radius 3 is 2.52 bits per heavy atom. The van der Waals surface area contributed by atoms with Crippen LogP contribution in [0.3, 0.4) is 0 Å². The van der Waals surface area contributed by atoms with Crippen LogP contribution in [0.4, 0.5) is 19.7 Å². The zero-order valence-electron chi connectivity index (χ0n) is 28.4. The van der Waals surface area contributed by atoms with Gasteiger partial charge in [-0.25, -0.2) is 19.0 Å². The van der Waals surface area contributed by atoms with E-state index in [0.717, 1.165) is 6.42 Å². The molecule has 0 radical (unpaired) electrons. The van der Waals surface area contributed by atoms with Crippen LogP contribution in [0.2, 0.25) is 0 Å². The van der Waals surface area contributed by atoms with Gasteiger partial charge < -0.3 is 19.3 Å². The highest BCUT2D eigenvalue weighted by atomic mass is 79.9. The number of fused-ring (bicyclic) bond motifs is 2. The van der Waals surface area contributed by atoms with Gasteiger partial charge in [0.1, 0.15) is 21.7 Å². The van der Waals surface area contributed by atoms with Gasteiger partial charge in [0.2, 0.25) is 5.91 Å². The summed E-state index contributed by atoms with van der Waals surface area (Å²) in [4.78, 5) is 49.7. The van der Waals surface area contributed by atoms with Gasteiger partial charge in [0.05, 0.1) is 40.4 Å². The van der Waals surface area contributed by atoms with Gasteiger partial charge in [-0.1, -0.05) is 11.8 Å². The lowest BCUT2D eigenvalue weighted by atomic mass is 9.78. The van der Waals surface area contributed by atoms with Crippen molar-refractivity contribution in [1.82, 2.24) is 14.8 Å². The Morgan fingerprint density at radius 2 is 1.92 bits per heavy atom. The zero-order valence-corrected chi connectivity index (χ0v) is 30.8. The maximum atomic E-state index is 16.3. The number of benzene rings is 1. The normalized spacial score (nSPS) is 20.2. The number of hydrogen-bond donors (Lipinski definition) is 0. The number of halogens is 2. The van der Waals surface area contributed by atoms with Gasteiger partial charge in [-0.05, 0) is 94.6 Å². The third kappa shape index (κ3) is 7.23. The minimum Gasteiger partial charge on any atom is -0.444 e. The Bertz CT molecular complexity index is 1750. The molecule has 0 N–H and O–H groups in total. The van der Waals surface area contributed by atoms with Crippen LogP contribution < -0.4 is 4.90 Å². The van der Waals surface area contributed by atoms with Gasteiger partial charge in [-0.3, -0.25) is 9.69 Å². The molecule has 6 rings (SSSR count). The SMILES string of the molecule is CSc1nc2c(F)c(Br)c(CCC#N)cc2c(N(C(=O)OC(C)(C)C)[C@H]2[C@@H]3C[C@H]2N(C(=O)OC(C)(C)C)C3)c1C#CCN1CCCC1=O. The van der Waals surface area contributed by atoms with Crippen LogP contribution in [-0.4, -0.2) is 82.1 Å². The van der Waals surface area contributed by atoms with Crippen molar-refractivity contribution < 1.29 is 28.2 Å². The first-order valence-electron chi connectivity index (χ1n) is 16.1. The van der Waals surface area contributed by atoms with E-state index in [0.29, 0.717) is 53.2 Å². The number of aryl methyl sites for hydroxylation is 1. The summed E-state index contributed by atoms with van der Waals surface area (Å²) in [6, 6.07) is 2.99. The van der Waals surface area contributed by atoms with Crippen LogP contribution in [0.5, 0.6) is 0 Å². The molecule has 0 unspecified atom stereocenters. The summed E-state index contributed by atoms with van der Waals surface area (Å²) >= 11 is 4.65. The van der Waals surface area contributed by atoms with E-state index in [1.807, 2.05) is 0 Å². The molecule has 3 atom stereocenters. The molecule has 10 nitrogen and oxygen atoms in total. The molecule has 0 spiro atoms. The number of pyridine rings is 1. The summed E-state index contributed by atoms with van der Waals surface area (Å²) in [5.41, 5.74) is -0.277. The van der Waals surface area contributed by atoms with Crippen LogP contribution >= 0.6 is 27.7 Å². The fourth-order valence-corrected chi connectivity index (χ4v) is 7.54. The molecule has 3 amide bonds. The van der Waals surface area contributed by atoms with E-state index in [4.69, 9.17) is 14.5 Å². The van der Waals surface area contributed by atoms with Crippen LogP contribution in [-0.2, 0) is 20.7 Å². The van der Waals surface area contributed by atoms with Crippen LogP contribution in [0, 0.1) is 34.9 Å². The maximum absolute atomic E-state index is 16.3. The lowest BCUT2D eigenvalue weighted by Gasteiger charge is -2.44. The standard InChI is InChI=1S/C35H41BrFN5O5S/c1-34(2,3)46-32(44)41-19-21-18-24(41)29(21)42(33(45)47-35(4,5)6)30-22(12-9-15-40-16-10-13-25(40)43)31(48-7)39-28-23(30)17-20(11-8-14-38)26(36)27(28)37/h17,21,24,29H,8,10-11,13,15-16,18-19H2,1-7H3/t21-,24-,29+/m1/s1. The molecular weight excluding hydrogens is 701 g/mol. The second-order valence-corrected chi connectivity index (χ2v) is 15.9. The number of likely N-dealkylation sites (tertiary alicyclic amines) is 1. The van der Waals surface area contributed by atoms with Gasteiger partial charge in [0.25, 0.3) is 0 Å². The molecule has 2 aromatic rings. The third-order valence-electron chi connectivity index (χ3n) is 8.54. The van der Waals surface area contributed by atoms with E-state index in [2.05, 4.69) is 33.8 Å². The second kappa shape index (κ2) is 13.8. The second-order valence-electron chi connectivity index (χ2n) is 14.3. The van der Waals surface area contributed by atoms with E-state index >= 15 is 4.39 Å². The predicted octanol–water partition coefficient (Wildman–Crippen LogP) is 7.04. The highest BCUT2D eigenvalue weighted by molar-refractivity contribution is 9.10. The number of thioether (sulfide) groups is 1. The van der Waals surface area contributed by atoms with Crippen LogP contribution in [0.25, 0.3) is 10.9 Å². The Balaban J connectivity index is 1.75. The van der Waals surface area contributed by atoms with Gasteiger partial charge >= 0.3 is 12.2 Å². The smallest absolute Gasteiger partial charge is 0.415 e. The van der Waals surface area contributed by atoms with Gasteiger partial charge in [0.15, 0.2) is 5.82 Å². The van der Waals surface area contributed by atoms with E-state index in [1.54, 1.807) is 68.6 Å². The molecule has 1 aliphatic carbocycles. The largest absolute Gasteiger partial charge is 0.444 e. The van der Waals surface area contributed by atoms with Crippen LogP contribution in [0.1, 0.15) is 78.4 Å². The average molecular weight is 743 g/mol. The van der Waals surface area contributed by atoms with Crippen molar-refractivity contribution >= 4 is 62.4 Å². The molecular formula is C35H41BrFN5O5S. The predicted molar refractivity (Wildman–Crippen MR) is 185 cm³/mol. The van der Waals surface area contributed by atoms with Crippen molar-refractivity contribution in [2.75, 3.05) is 30.8 Å².